The summed E-state index contributed by atoms with van der Waals surface area (Å²) in [5, 5.41) is 11.2. The van der Waals surface area contributed by atoms with Crippen LogP contribution in [0.2, 0.25) is 0 Å². The molecule has 0 aromatic carbocycles. The first-order chi connectivity index (χ1) is 9.11. The van der Waals surface area contributed by atoms with E-state index in [1.54, 1.807) is 0 Å². The Bertz CT molecular complexity index is 496. The number of carboxylic acids is 1. The molecule has 0 saturated carbocycles. The van der Waals surface area contributed by atoms with Gasteiger partial charge in [0.15, 0.2) is 0 Å². The molecule has 0 spiro atoms. The van der Waals surface area contributed by atoms with Gasteiger partial charge in [0.2, 0.25) is 0 Å². The fourth-order valence-corrected chi connectivity index (χ4v) is 1.57. The number of carbonyl (C=O) groups is 2. The van der Waals surface area contributed by atoms with Crippen LogP contribution in [0.15, 0.2) is 18.3 Å². The summed E-state index contributed by atoms with van der Waals surface area (Å²) in [5.41, 5.74) is -0.160. The Hall–Kier alpha value is -1.99. The third-order valence-corrected chi connectivity index (χ3v) is 2.91. The van der Waals surface area contributed by atoms with Crippen LogP contribution in [0.4, 0.5) is 13.2 Å². The number of nitrogens with one attached hydrogen (secondary N) is 1. The molecular formula is C12H15F3N2O3. The summed E-state index contributed by atoms with van der Waals surface area (Å²) in [6, 6.07) is 1.87. The molecule has 2 unspecified atom stereocenters. The number of rotatable bonds is 5. The Morgan fingerprint density at radius 1 is 1.40 bits per heavy atom. The quantitative estimate of drug-likeness (QED) is 0.870. The standard InChI is InChI=1S/C12H15F3N2O3/c1-7(11(19)20)8(2)16-10(18)9-4-3-5-17(9)6-12(13,14)15/h3-5,7-8H,6H2,1-2H3,(H,16,18)(H,19,20). The minimum absolute atomic E-state index is 0.160. The Morgan fingerprint density at radius 2 is 2.00 bits per heavy atom. The van der Waals surface area contributed by atoms with Crippen molar-refractivity contribution in [1.29, 1.82) is 0 Å². The first-order valence-electron chi connectivity index (χ1n) is 5.87. The molecule has 1 amide bonds. The van der Waals surface area contributed by atoms with E-state index in [1.165, 1.54) is 26.0 Å². The number of hydrogen-bond donors (Lipinski definition) is 2. The van der Waals surface area contributed by atoms with Crippen LogP contribution in [0.3, 0.4) is 0 Å². The monoisotopic (exact) mass is 292 g/mol. The molecule has 2 N–H and O–H groups in total. The van der Waals surface area contributed by atoms with Crippen molar-refractivity contribution >= 4 is 11.9 Å². The van der Waals surface area contributed by atoms with Crippen molar-refractivity contribution in [3.63, 3.8) is 0 Å². The molecule has 0 aliphatic rings. The molecular weight excluding hydrogens is 277 g/mol. The fraction of sp³-hybridized carbons (Fsp3) is 0.500. The molecule has 2 atom stereocenters. The lowest BCUT2D eigenvalue weighted by atomic mass is 10.0. The number of alkyl halides is 3. The van der Waals surface area contributed by atoms with Gasteiger partial charge in [0.05, 0.1) is 5.92 Å². The van der Waals surface area contributed by atoms with Crippen molar-refractivity contribution in [1.82, 2.24) is 9.88 Å². The Balaban J connectivity index is 2.79. The smallest absolute Gasteiger partial charge is 0.406 e. The first-order valence-corrected chi connectivity index (χ1v) is 5.87. The maximum atomic E-state index is 12.3. The number of carbonyl (C=O) groups excluding carboxylic acids is 1. The Morgan fingerprint density at radius 3 is 2.50 bits per heavy atom. The molecule has 1 rings (SSSR count). The molecule has 1 aromatic heterocycles. The second kappa shape index (κ2) is 5.98. The summed E-state index contributed by atoms with van der Waals surface area (Å²) in [4.78, 5) is 22.6. The van der Waals surface area contributed by atoms with Gasteiger partial charge in [0.25, 0.3) is 5.91 Å². The highest BCUT2D eigenvalue weighted by Gasteiger charge is 2.30. The van der Waals surface area contributed by atoms with E-state index in [0.29, 0.717) is 0 Å². The van der Waals surface area contributed by atoms with E-state index in [1.807, 2.05) is 0 Å². The molecule has 0 aliphatic heterocycles. The molecule has 0 radical (unpaired) electrons. The van der Waals surface area contributed by atoms with Crippen molar-refractivity contribution in [3.8, 4) is 0 Å². The van der Waals surface area contributed by atoms with Crippen molar-refractivity contribution < 1.29 is 27.9 Å². The number of nitrogens with zero attached hydrogens (tertiary/aromatic N) is 1. The number of amides is 1. The van der Waals surface area contributed by atoms with Crippen molar-refractivity contribution in [2.75, 3.05) is 0 Å². The number of aromatic nitrogens is 1. The summed E-state index contributed by atoms with van der Waals surface area (Å²) < 4.78 is 37.8. The SMILES string of the molecule is CC(NC(=O)c1cccn1CC(F)(F)F)C(C)C(=O)O. The van der Waals surface area contributed by atoms with E-state index in [9.17, 15) is 22.8 Å². The zero-order chi connectivity index (χ0) is 15.5. The van der Waals surface area contributed by atoms with Crippen molar-refractivity contribution in [2.24, 2.45) is 5.92 Å². The van der Waals surface area contributed by atoms with Gasteiger partial charge < -0.3 is 15.0 Å². The molecule has 1 heterocycles. The molecule has 0 aliphatic carbocycles. The lowest BCUT2D eigenvalue weighted by molar-refractivity contribution is -0.142. The molecule has 0 bridgehead atoms. The molecule has 0 fully saturated rings. The van der Waals surface area contributed by atoms with E-state index in [-0.39, 0.29) is 5.69 Å². The first kappa shape index (κ1) is 16.1. The van der Waals surface area contributed by atoms with Crippen LogP contribution in [-0.2, 0) is 11.3 Å². The summed E-state index contributed by atoms with van der Waals surface area (Å²) in [6.07, 6.45) is -3.29. The van der Waals surface area contributed by atoms with Gasteiger partial charge in [-0.15, -0.1) is 0 Å². The molecule has 5 nitrogen and oxygen atoms in total. The Labute approximate surface area is 113 Å². The molecule has 8 heteroatoms. The van der Waals surface area contributed by atoms with Gasteiger partial charge in [-0.3, -0.25) is 9.59 Å². The molecule has 1 aromatic rings. The van der Waals surface area contributed by atoms with E-state index in [0.717, 1.165) is 10.8 Å². The third kappa shape index (κ3) is 4.29. The van der Waals surface area contributed by atoms with E-state index in [2.05, 4.69) is 5.32 Å². The highest BCUT2D eigenvalue weighted by Crippen LogP contribution is 2.19. The molecule has 0 saturated heterocycles. The summed E-state index contributed by atoms with van der Waals surface area (Å²) >= 11 is 0. The topological polar surface area (TPSA) is 71.3 Å². The number of hydrogen-bond acceptors (Lipinski definition) is 2. The average Bonchev–Trinajstić information content (AvgIpc) is 2.73. The van der Waals surface area contributed by atoms with E-state index >= 15 is 0 Å². The number of halogens is 3. The van der Waals surface area contributed by atoms with Gasteiger partial charge in [0, 0.05) is 12.2 Å². The van der Waals surface area contributed by atoms with Crippen LogP contribution < -0.4 is 5.32 Å². The normalized spacial score (nSPS) is 14.7. The summed E-state index contributed by atoms with van der Waals surface area (Å²) in [5.74, 6) is -2.67. The minimum atomic E-state index is -4.44. The lowest BCUT2D eigenvalue weighted by Gasteiger charge is -2.18. The van der Waals surface area contributed by atoms with Gasteiger partial charge in [-0.05, 0) is 26.0 Å². The van der Waals surface area contributed by atoms with Crippen LogP contribution in [0, 0.1) is 5.92 Å². The van der Waals surface area contributed by atoms with Crippen molar-refractivity contribution in [2.45, 2.75) is 32.6 Å². The van der Waals surface area contributed by atoms with Crippen LogP contribution in [0.5, 0.6) is 0 Å². The largest absolute Gasteiger partial charge is 0.481 e. The maximum Gasteiger partial charge on any atom is 0.406 e. The highest BCUT2D eigenvalue weighted by atomic mass is 19.4. The highest BCUT2D eigenvalue weighted by molar-refractivity contribution is 5.93. The van der Waals surface area contributed by atoms with Crippen LogP contribution in [-0.4, -0.2) is 33.8 Å². The number of carboxylic acid groups (broad SMARTS) is 1. The van der Waals surface area contributed by atoms with Crippen LogP contribution >= 0.6 is 0 Å². The number of aliphatic carboxylic acids is 1. The third-order valence-electron chi connectivity index (χ3n) is 2.91. The zero-order valence-electron chi connectivity index (χ0n) is 10.9. The summed E-state index contributed by atoms with van der Waals surface area (Å²) in [6.45, 7) is 1.61. The van der Waals surface area contributed by atoms with Gasteiger partial charge in [-0.25, -0.2) is 0 Å². The predicted molar refractivity (Wildman–Crippen MR) is 64.2 cm³/mol. The fourth-order valence-electron chi connectivity index (χ4n) is 1.57. The second-order valence-corrected chi connectivity index (χ2v) is 4.53. The predicted octanol–water partition coefficient (Wildman–Crippen LogP) is 1.89. The van der Waals surface area contributed by atoms with E-state index in [4.69, 9.17) is 5.11 Å². The molecule has 20 heavy (non-hydrogen) atoms. The van der Waals surface area contributed by atoms with Crippen LogP contribution in [0.1, 0.15) is 24.3 Å². The average molecular weight is 292 g/mol. The minimum Gasteiger partial charge on any atom is -0.481 e. The van der Waals surface area contributed by atoms with E-state index < -0.39 is 36.6 Å². The lowest BCUT2D eigenvalue weighted by Crippen LogP contribution is -2.41. The van der Waals surface area contributed by atoms with Gasteiger partial charge in [-0.1, -0.05) is 0 Å². The summed E-state index contributed by atoms with van der Waals surface area (Å²) in [7, 11) is 0. The van der Waals surface area contributed by atoms with Gasteiger partial charge >= 0.3 is 12.1 Å². The van der Waals surface area contributed by atoms with Crippen LogP contribution in [0.25, 0.3) is 0 Å². The second-order valence-electron chi connectivity index (χ2n) is 4.53. The maximum absolute atomic E-state index is 12.3. The van der Waals surface area contributed by atoms with Crippen molar-refractivity contribution in [3.05, 3.63) is 24.0 Å². The van der Waals surface area contributed by atoms with Gasteiger partial charge in [-0.2, -0.15) is 13.2 Å². The zero-order valence-corrected chi connectivity index (χ0v) is 10.9. The Kier molecular flexibility index (Phi) is 4.80. The molecule has 112 valence electrons. The van der Waals surface area contributed by atoms with Gasteiger partial charge in [0.1, 0.15) is 12.2 Å².